The molecule has 0 N–H and O–H groups in total. The normalized spacial score (nSPS) is 20.5. The van der Waals surface area contributed by atoms with Crippen LogP contribution in [0.15, 0.2) is 36.8 Å². The van der Waals surface area contributed by atoms with Crippen LogP contribution in [0, 0.1) is 5.82 Å². The molecule has 1 atom stereocenters. The molecule has 1 aliphatic rings. The van der Waals surface area contributed by atoms with Gasteiger partial charge >= 0.3 is 0 Å². The van der Waals surface area contributed by atoms with Crippen molar-refractivity contribution in [1.82, 2.24) is 14.5 Å². The summed E-state index contributed by atoms with van der Waals surface area (Å²) in [4.78, 5) is 18.8. The van der Waals surface area contributed by atoms with Crippen molar-refractivity contribution in [3.63, 3.8) is 0 Å². The highest BCUT2D eigenvalue weighted by atomic mass is 19.1. The zero-order valence-electron chi connectivity index (χ0n) is 13.5. The molecule has 1 aromatic heterocycles. The lowest BCUT2D eigenvalue weighted by molar-refractivity contribution is -0.119. The Kier molecular flexibility index (Phi) is 3.93. The van der Waals surface area contributed by atoms with Crippen LogP contribution in [0.25, 0.3) is 5.69 Å². The first-order valence-electron chi connectivity index (χ1n) is 7.61. The average molecular weight is 317 g/mol. The first-order chi connectivity index (χ1) is 10.9. The minimum Gasteiger partial charge on any atom is -0.369 e. The second-order valence-corrected chi connectivity index (χ2v) is 6.50. The fraction of sp³-hybridized carbons (Fsp3) is 0.412. The third-order valence-corrected chi connectivity index (χ3v) is 3.82. The Morgan fingerprint density at radius 2 is 2.04 bits per heavy atom. The maximum absolute atomic E-state index is 13.1. The van der Waals surface area contributed by atoms with Gasteiger partial charge in [0.25, 0.3) is 5.91 Å². The number of carbonyl (C=O) groups excluding carboxylic acids is 1. The van der Waals surface area contributed by atoms with Crippen LogP contribution in [0.5, 0.6) is 0 Å². The second-order valence-electron chi connectivity index (χ2n) is 6.50. The molecule has 1 amide bonds. The van der Waals surface area contributed by atoms with Gasteiger partial charge in [-0.15, -0.1) is 0 Å². The molecule has 1 fully saturated rings. The van der Waals surface area contributed by atoms with E-state index in [9.17, 15) is 9.18 Å². The largest absolute Gasteiger partial charge is 0.369 e. The molecule has 0 unspecified atom stereocenters. The lowest BCUT2D eigenvalue weighted by Crippen LogP contribution is -2.54. The van der Waals surface area contributed by atoms with Gasteiger partial charge in [0, 0.05) is 18.8 Å². The van der Waals surface area contributed by atoms with Crippen molar-refractivity contribution in [1.29, 1.82) is 0 Å². The number of morpholine rings is 1. The van der Waals surface area contributed by atoms with Crippen LogP contribution in [0.3, 0.4) is 0 Å². The second kappa shape index (κ2) is 5.77. The van der Waals surface area contributed by atoms with Crippen LogP contribution in [-0.2, 0) is 4.74 Å². The molecule has 5 nitrogen and oxygen atoms in total. The van der Waals surface area contributed by atoms with Gasteiger partial charge < -0.3 is 9.64 Å². The van der Waals surface area contributed by atoms with E-state index >= 15 is 0 Å². The molecule has 1 aromatic carbocycles. The molecule has 23 heavy (non-hydrogen) atoms. The smallest absolute Gasteiger partial charge is 0.272 e. The molecule has 3 rings (SSSR count). The number of carbonyl (C=O) groups is 1. The highest BCUT2D eigenvalue weighted by molar-refractivity contribution is 5.93. The Morgan fingerprint density at radius 1 is 1.35 bits per heavy atom. The molecule has 2 heterocycles. The predicted molar refractivity (Wildman–Crippen MR) is 84.1 cm³/mol. The first-order valence-corrected chi connectivity index (χ1v) is 7.61. The quantitative estimate of drug-likeness (QED) is 0.855. The van der Waals surface area contributed by atoms with Gasteiger partial charge in [-0.25, -0.2) is 9.37 Å². The number of amides is 1. The number of nitrogens with zero attached hydrogens (tertiary/aromatic N) is 3. The molecule has 0 aliphatic carbocycles. The number of hydrogen-bond donors (Lipinski definition) is 0. The predicted octanol–water partition coefficient (Wildman–Crippen LogP) is 2.65. The van der Waals surface area contributed by atoms with Crippen molar-refractivity contribution in [3.8, 4) is 5.69 Å². The first kappa shape index (κ1) is 15.7. The van der Waals surface area contributed by atoms with E-state index in [4.69, 9.17) is 4.74 Å². The third-order valence-electron chi connectivity index (χ3n) is 3.82. The van der Waals surface area contributed by atoms with E-state index in [2.05, 4.69) is 4.98 Å². The molecule has 1 saturated heterocycles. The van der Waals surface area contributed by atoms with Crippen molar-refractivity contribution < 1.29 is 13.9 Å². The molecule has 6 heteroatoms. The molecule has 1 aliphatic heterocycles. The van der Waals surface area contributed by atoms with Crippen LogP contribution in [0.2, 0.25) is 0 Å². The van der Waals surface area contributed by atoms with E-state index < -0.39 is 0 Å². The maximum Gasteiger partial charge on any atom is 0.272 e. The highest BCUT2D eigenvalue weighted by Gasteiger charge is 2.35. The van der Waals surface area contributed by atoms with Crippen molar-refractivity contribution in [2.24, 2.45) is 0 Å². The minimum atomic E-state index is -0.381. The van der Waals surface area contributed by atoms with E-state index in [-0.39, 0.29) is 23.4 Å². The van der Waals surface area contributed by atoms with Gasteiger partial charge in [0.2, 0.25) is 0 Å². The van der Waals surface area contributed by atoms with E-state index in [1.54, 1.807) is 34.1 Å². The monoisotopic (exact) mass is 317 g/mol. The molecule has 0 saturated carbocycles. The van der Waals surface area contributed by atoms with Gasteiger partial charge in [-0.2, -0.15) is 0 Å². The van der Waals surface area contributed by atoms with E-state index in [0.717, 1.165) is 0 Å². The zero-order chi connectivity index (χ0) is 16.6. The molecular weight excluding hydrogens is 297 g/mol. The fourth-order valence-corrected chi connectivity index (χ4v) is 3.03. The van der Waals surface area contributed by atoms with Crippen LogP contribution in [-0.4, -0.2) is 45.2 Å². The molecule has 0 radical (unpaired) electrons. The summed E-state index contributed by atoms with van der Waals surface area (Å²) in [6.07, 6.45) is 3.08. The Morgan fingerprint density at radius 3 is 2.70 bits per heavy atom. The van der Waals surface area contributed by atoms with Crippen molar-refractivity contribution in [2.75, 3.05) is 13.1 Å². The van der Waals surface area contributed by atoms with Gasteiger partial charge in [0.15, 0.2) is 0 Å². The lowest BCUT2D eigenvalue weighted by atomic mass is 10.1. The number of ether oxygens (including phenoxy) is 1. The lowest BCUT2D eigenvalue weighted by Gasteiger charge is -2.41. The fourth-order valence-electron chi connectivity index (χ4n) is 3.03. The standard InChI is InChI=1S/C17H20FN3O2/c1-12-9-20(10-17(2,3)23-12)16(22)15-8-19-11-21(15)14-6-4-13(18)5-7-14/h4-8,11-12H,9-10H2,1-3H3/t12-/m1/s1. The van der Waals surface area contributed by atoms with Crippen molar-refractivity contribution in [3.05, 3.63) is 48.3 Å². The third kappa shape index (κ3) is 3.27. The topological polar surface area (TPSA) is 47.4 Å². The van der Waals surface area contributed by atoms with Gasteiger partial charge in [-0.05, 0) is 45.0 Å². The van der Waals surface area contributed by atoms with Crippen LogP contribution in [0.1, 0.15) is 31.3 Å². The summed E-state index contributed by atoms with van der Waals surface area (Å²) in [6, 6.07) is 5.98. The Labute approximate surface area is 134 Å². The van der Waals surface area contributed by atoms with Gasteiger partial charge in [0.1, 0.15) is 11.5 Å². The van der Waals surface area contributed by atoms with Gasteiger partial charge in [0.05, 0.1) is 24.2 Å². The number of imidazole rings is 1. The average Bonchev–Trinajstić information content (AvgIpc) is 2.94. The number of benzene rings is 1. The summed E-state index contributed by atoms with van der Waals surface area (Å²) in [7, 11) is 0. The Bertz CT molecular complexity index is 709. The number of hydrogen-bond acceptors (Lipinski definition) is 3. The number of aromatic nitrogens is 2. The van der Waals surface area contributed by atoms with Crippen LogP contribution >= 0.6 is 0 Å². The summed E-state index contributed by atoms with van der Waals surface area (Å²) >= 11 is 0. The molecule has 0 spiro atoms. The molecule has 2 aromatic rings. The van der Waals surface area contributed by atoms with E-state index in [1.807, 2.05) is 20.8 Å². The van der Waals surface area contributed by atoms with Crippen LogP contribution in [0.4, 0.5) is 4.39 Å². The van der Waals surface area contributed by atoms with E-state index in [0.29, 0.717) is 24.5 Å². The van der Waals surface area contributed by atoms with Crippen LogP contribution < -0.4 is 0 Å². The summed E-state index contributed by atoms with van der Waals surface area (Å²) in [5, 5.41) is 0. The SMILES string of the molecule is C[C@@H]1CN(C(=O)c2cncn2-c2ccc(F)cc2)CC(C)(C)O1. The summed E-state index contributed by atoms with van der Waals surface area (Å²) in [5.74, 6) is -0.416. The number of rotatable bonds is 2. The summed E-state index contributed by atoms with van der Waals surface area (Å²) in [5.41, 5.74) is 0.781. The number of halogens is 1. The molecular formula is C17H20FN3O2. The summed E-state index contributed by atoms with van der Waals surface area (Å²) < 4.78 is 20.6. The Hall–Kier alpha value is -2.21. The maximum atomic E-state index is 13.1. The molecule has 0 bridgehead atoms. The van der Waals surface area contributed by atoms with Gasteiger partial charge in [-0.1, -0.05) is 0 Å². The molecule has 122 valence electrons. The summed E-state index contributed by atoms with van der Waals surface area (Å²) in [6.45, 7) is 6.96. The zero-order valence-corrected chi connectivity index (χ0v) is 13.5. The van der Waals surface area contributed by atoms with Gasteiger partial charge in [-0.3, -0.25) is 9.36 Å². The Balaban J connectivity index is 1.89. The highest BCUT2D eigenvalue weighted by Crippen LogP contribution is 2.23. The van der Waals surface area contributed by atoms with Crippen molar-refractivity contribution in [2.45, 2.75) is 32.5 Å². The minimum absolute atomic E-state index is 0.0232. The van der Waals surface area contributed by atoms with Crippen molar-refractivity contribution >= 4 is 5.91 Å². The van der Waals surface area contributed by atoms with E-state index in [1.165, 1.54) is 12.1 Å².